The highest BCUT2D eigenvalue weighted by molar-refractivity contribution is 7.91. The molecule has 0 unspecified atom stereocenters. The summed E-state index contributed by atoms with van der Waals surface area (Å²) in [6.07, 6.45) is 0.563. The van der Waals surface area contributed by atoms with Gasteiger partial charge in [0.2, 0.25) is 5.91 Å². The fourth-order valence-electron chi connectivity index (χ4n) is 1.59. The fourth-order valence-corrected chi connectivity index (χ4v) is 3.11. The zero-order chi connectivity index (χ0) is 14.5. The molecule has 1 aromatic rings. The second-order valence-electron chi connectivity index (χ2n) is 4.46. The summed E-state index contributed by atoms with van der Waals surface area (Å²) < 4.78 is 24.2. The molecule has 0 spiro atoms. The third kappa shape index (κ3) is 4.24. The number of carbonyl (C=O) groups is 1. The number of amides is 1. The Morgan fingerprint density at radius 1 is 1.26 bits per heavy atom. The van der Waals surface area contributed by atoms with Crippen LogP contribution in [0.5, 0.6) is 0 Å². The Kier molecular flexibility index (Phi) is 5.35. The van der Waals surface area contributed by atoms with Gasteiger partial charge in [-0.1, -0.05) is 19.1 Å². The molecule has 0 saturated heterocycles. The molecule has 0 aliphatic rings. The Morgan fingerprint density at radius 2 is 1.89 bits per heavy atom. The summed E-state index contributed by atoms with van der Waals surface area (Å²) in [5, 5.41) is 2.89. The first-order chi connectivity index (χ1) is 8.88. The average molecular weight is 284 g/mol. The largest absolute Gasteiger partial charge is 0.375 e. The molecule has 0 aliphatic heterocycles. The Hall–Kier alpha value is -1.56. The van der Waals surface area contributed by atoms with E-state index in [4.69, 9.17) is 0 Å². The van der Waals surface area contributed by atoms with Crippen molar-refractivity contribution in [3.63, 3.8) is 0 Å². The van der Waals surface area contributed by atoms with Crippen LogP contribution in [-0.2, 0) is 14.6 Å². The first-order valence-corrected chi connectivity index (χ1v) is 7.79. The number of rotatable bonds is 6. The van der Waals surface area contributed by atoms with Crippen molar-refractivity contribution in [2.45, 2.75) is 18.2 Å². The van der Waals surface area contributed by atoms with Crippen molar-refractivity contribution in [3.8, 4) is 0 Å². The van der Waals surface area contributed by atoms with Gasteiger partial charge in [0.1, 0.15) is 0 Å². The monoisotopic (exact) mass is 284 g/mol. The SMILES string of the molecule is CCCS(=O)(=O)c1ccccc1NCC(=O)N(C)C. The number of benzene rings is 1. The van der Waals surface area contributed by atoms with Crippen molar-refractivity contribution in [1.82, 2.24) is 4.90 Å². The van der Waals surface area contributed by atoms with E-state index in [9.17, 15) is 13.2 Å². The molecule has 0 aromatic heterocycles. The summed E-state index contributed by atoms with van der Waals surface area (Å²) in [7, 11) is 0.0164. The Morgan fingerprint density at radius 3 is 2.47 bits per heavy atom. The summed E-state index contributed by atoms with van der Waals surface area (Å²) in [6.45, 7) is 1.90. The molecule has 0 heterocycles. The predicted molar refractivity (Wildman–Crippen MR) is 76.0 cm³/mol. The van der Waals surface area contributed by atoms with E-state index in [2.05, 4.69) is 5.32 Å². The number of hydrogen-bond acceptors (Lipinski definition) is 4. The van der Waals surface area contributed by atoms with Crippen LogP contribution in [0.1, 0.15) is 13.3 Å². The molecule has 1 amide bonds. The van der Waals surface area contributed by atoms with E-state index in [1.165, 1.54) is 4.90 Å². The van der Waals surface area contributed by atoms with E-state index < -0.39 is 9.84 Å². The van der Waals surface area contributed by atoms with Crippen molar-refractivity contribution < 1.29 is 13.2 Å². The van der Waals surface area contributed by atoms with E-state index in [1.807, 2.05) is 6.92 Å². The summed E-state index contributed by atoms with van der Waals surface area (Å²) >= 11 is 0. The quantitative estimate of drug-likeness (QED) is 0.857. The van der Waals surface area contributed by atoms with Crippen LogP contribution in [0, 0.1) is 0 Å². The number of hydrogen-bond donors (Lipinski definition) is 1. The molecule has 1 aromatic carbocycles. The van der Waals surface area contributed by atoms with Crippen molar-refractivity contribution in [3.05, 3.63) is 24.3 Å². The van der Waals surface area contributed by atoms with Crippen molar-refractivity contribution in [2.75, 3.05) is 31.7 Å². The van der Waals surface area contributed by atoms with E-state index in [0.29, 0.717) is 12.1 Å². The molecule has 6 heteroatoms. The molecule has 0 saturated carbocycles. The molecule has 0 fully saturated rings. The van der Waals surface area contributed by atoms with Crippen LogP contribution in [-0.4, -0.2) is 45.6 Å². The van der Waals surface area contributed by atoms with E-state index in [1.54, 1.807) is 38.4 Å². The van der Waals surface area contributed by atoms with E-state index in [0.717, 1.165) is 0 Å². The van der Waals surface area contributed by atoms with Crippen LogP contribution in [0.4, 0.5) is 5.69 Å². The zero-order valence-electron chi connectivity index (χ0n) is 11.5. The summed E-state index contributed by atoms with van der Waals surface area (Å²) in [6, 6.07) is 6.66. The standard InChI is InChI=1S/C13H20N2O3S/c1-4-9-19(17,18)12-8-6-5-7-11(12)14-10-13(16)15(2)3/h5-8,14H,4,9-10H2,1-3H3. The van der Waals surface area contributed by atoms with E-state index in [-0.39, 0.29) is 23.1 Å². The number of para-hydroxylation sites is 1. The highest BCUT2D eigenvalue weighted by Gasteiger charge is 2.17. The Labute approximate surface area is 114 Å². The second-order valence-corrected chi connectivity index (χ2v) is 6.53. The maximum atomic E-state index is 12.1. The van der Waals surface area contributed by atoms with Gasteiger partial charge in [-0.25, -0.2) is 8.42 Å². The van der Waals surface area contributed by atoms with Gasteiger partial charge in [-0.05, 0) is 18.6 Å². The summed E-state index contributed by atoms with van der Waals surface area (Å²) in [4.78, 5) is 13.2. The molecule has 1 N–H and O–H groups in total. The second kappa shape index (κ2) is 6.56. The maximum Gasteiger partial charge on any atom is 0.241 e. The van der Waals surface area contributed by atoms with Gasteiger partial charge in [0, 0.05) is 14.1 Å². The molecule has 0 atom stereocenters. The first-order valence-electron chi connectivity index (χ1n) is 6.14. The van der Waals surface area contributed by atoms with Gasteiger partial charge >= 0.3 is 0 Å². The van der Waals surface area contributed by atoms with Gasteiger partial charge in [0.05, 0.1) is 22.9 Å². The summed E-state index contributed by atoms with van der Waals surface area (Å²) in [5.74, 6) is -0.00413. The van der Waals surface area contributed by atoms with E-state index >= 15 is 0 Å². The molecular formula is C13H20N2O3S. The van der Waals surface area contributed by atoms with Crippen LogP contribution >= 0.6 is 0 Å². The van der Waals surface area contributed by atoms with Crippen molar-refractivity contribution in [2.24, 2.45) is 0 Å². The van der Waals surface area contributed by atoms with Crippen molar-refractivity contribution in [1.29, 1.82) is 0 Å². The lowest BCUT2D eigenvalue weighted by atomic mass is 10.3. The normalized spacial score (nSPS) is 11.1. The number of nitrogens with one attached hydrogen (secondary N) is 1. The highest BCUT2D eigenvalue weighted by Crippen LogP contribution is 2.22. The van der Waals surface area contributed by atoms with Gasteiger partial charge in [-0.15, -0.1) is 0 Å². The maximum absolute atomic E-state index is 12.1. The Bertz CT molecular complexity index is 539. The average Bonchev–Trinajstić information content (AvgIpc) is 2.36. The van der Waals surface area contributed by atoms with Crippen molar-refractivity contribution >= 4 is 21.4 Å². The smallest absolute Gasteiger partial charge is 0.241 e. The van der Waals surface area contributed by atoms with Gasteiger partial charge in [0.15, 0.2) is 9.84 Å². The topological polar surface area (TPSA) is 66.5 Å². The van der Waals surface area contributed by atoms with Gasteiger partial charge < -0.3 is 10.2 Å². The highest BCUT2D eigenvalue weighted by atomic mass is 32.2. The molecule has 0 aliphatic carbocycles. The van der Waals surface area contributed by atoms with Crippen LogP contribution in [0.15, 0.2) is 29.2 Å². The van der Waals surface area contributed by atoms with Crippen LogP contribution in [0.25, 0.3) is 0 Å². The van der Waals surface area contributed by atoms with Crippen LogP contribution in [0.3, 0.4) is 0 Å². The molecule has 0 radical (unpaired) electrons. The first kappa shape index (κ1) is 15.5. The number of carbonyl (C=O) groups excluding carboxylic acids is 1. The number of anilines is 1. The van der Waals surface area contributed by atoms with Gasteiger partial charge in [-0.3, -0.25) is 4.79 Å². The minimum Gasteiger partial charge on any atom is -0.375 e. The number of nitrogens with zero attached hydrogens (tertiary/aromatic N) is 1. The molecule has 5 nitrogen and oxygen atoms in total. The molecule has 0 bridgehead atoms. The minimum absolute atomic E-state index is 0.0751. The number of likely N-dealkylation sites (N-methyl/N-ethyl adjacent to an activating group) is 1. The zero-order valence-corrected chi connectivity index (χ0v) is 12.3. The molecule has 19 heavy (non-hydrogen) atoms. The lowest BCUT2D eigenvalue weighted by Gasteiger charge is -2.14. The Balaban J connectivity index is 2.94. The lowest BCUT2D eigenvalue weighted by Crippen LogP contribution is -2.29. The van der Waals surface area contributed by atoms with Crippen LogP contribution < -0.4 is 5.32 Å². The predicted octanol–water partition coefficient (Wildman–Crippen LogP) is 1.37. The van der Waals surface area contributed by atoms with Crippen LogP contribution in [0.2, 0.25) is 0 Å². The van der Waals surface area contributed by atoms with Gasteiger partial charge in [0.25, 0.3) is 0 Å². The third-order valence-electron chi connectivity index (χ3n) is 2.62. The van der Waals surface area contributed by atoms with Gasteiger partial charge in [-0.2, -0.15) is 0 Å². The summed E-state index contributed by atoms with van der Waals surface area (Å²) in [5.41, 5.74) is 0.478. The molecule has 106 valence electrons. The molecule has 1 rings (SSSR count). The number of sulfone groups is 1. The fraction of sp³-hybridized carbons (Fsp3) is 0.462. The third-order valence-corrected chi connectivity index (χ3v) is 4.60. The molecular weight excluding hydrogens is 264 g/mol. The lowest BCUT2D eigenvalue weighted by molar-refractivity contribution is -0.126. The minimum atomic E-state index is -3.30.